The van der Waals surface area contributed by atoms with Gasteiger partial charge in [0.1, 0.15) is 0 Å². The van der Waals surface area contributed by atoms with Crippen molar-refractivity contribution in [1.82, 2.24) is 9.88 Å². The number of carbonyl (C=O) groups is 1. The third kappa shape index (κ3) is 2.90. The van der Waals surface area contributed by atoms with Gasteiger partial charge >= 0.3 is 0 Å². The number of aromatic nitrogens is 1. The standard InChI is InChI=1S/C19H26N2O/c1-3-14(4-2)19(22)21-11-7-9-16(13-21)18-12-15-8-5-6-10-17(15)20-18/h5-6,8,10,12,14,16,20H,3-4,7,9,11,13H2,1-2H3. The average molecular weight is 298 g/mol. The Morgan fingerprint density at radius 2 is 2.09 bits per heavy atom. The average Bonchev–Trinajstić information content (AvgIpc) is 3.00. The van der Waals surface area contributed by atoms with Crippen LogP contribution in [-0.4, -0.2) is 28.9 Å². The van der Waals surface area contributed by atoms with Gasteiger partial charge < -0.3 is 9.88 Å². The number of carbonyl (C=O) groups excluding carboxylic acids is 1. The first kappa shape index (κ1) is 15.1. The lowest BCUT2D eigenvalue weighted by Gasteiger charge is -2.34. The van der Waals surface area contributed by atoms with Crippen LogP contribution in [0.1, 0.15) is 51.1 Å². The monoisotopic (exact) mass is 298 g/mol. The van der Waals surface area contributed by atoms with E-state index in [4.69, 9.17) is 0 Å². The molecular formula is C19H26N2O. The lowest BCUT2D eigenvalue weighted by Crippen LogP contribution is -2.42. The smallest absolute Gasteiger partial charge is 0.225 e. The molecule has 0 bridgehead atoms. The molecule has 0 radical (unpaired) electrons. The fourth-order valence-electron chi connectivity index (χ4n) is 3.64. The lowest BCUT2D eigenvalue weighted by molar-refractivity contribution is -0.137. The lowest BCUT2D eigenvalue weighted by atomic mass is 9.92. The van der Waals surface area contributed by atoms with Gasteiger partial charge in [-0.2, -0.15) is 0 Å². The molecule has 1 aliphatic heterocycles. The van der Waals surface area contributed by atoms with Crippen LogP contribution < -0.4 is 0 Å². The second kappa shape index (κ2) is 6.55. The summed E-state index contributed by atoms with van der Waals surface area (Å²) in [7, 11) is 0. The molecule has 118 valence electrons. The van der Waals surface area contributed by atoms with E-state index in [2.05, 4.69) is 54.1 Å². The SMILES string of the molecule is CCC(CC)C(=O)N1CCCC(c2cc3ccccc3[nH]2)C1. The molecule has 3 nitrogen and oxygen atoms in total. The van der Waals surface area contributed by atoms with E-state index in [1.54, 1.807) is 0 Å². The number of benzene rings is 1. The molecule has 1 amide bonds. The summed E-state index contributed by atoms with van der Waals surface area (Å²) in [5.74, 6) is 0.992. The zero-order valence-corrected chi connectivity index (χ0v) is 13.6. The van der Waals surface area contributed by atoms with Crippen molar-refractivity contribution < 1.29 is 4.79 Å². The van der Waals surface area contributed by atoms with E-state index >= 15 is 0 Å². The molecule has 2 aromatic rings. The second-order valence-corrected chi connectivity index (χ2v) is 6.45. The van der Waals surface area contributed by atoms with Gasteiger partial charge in [-0.05, 0) is 43.2 Å². The predicted octanol–water partition coefficient (Wildman–Crippen LogP) is 4.31. The fraction of sp³-hybridized carbons (Fsp3) is 0.526. The van der Waals surface area contributed by atoms with Gasteiger partial charge in [-0.1, -0.05) is 32.0 Å². The normalized spacial score (nSPS) is 19.0. The fourth-order valence-corrected chi connectivity index (χ4v) is 3.64. The van der Waals surface area contributed by atoms with Gasteiger partial charge in [-0.15, -0.1) is 0 Å². The number of likely N-dealkylation sites (tertiary alicyclic amines) is 1. The van der Waals surface area contributed by atoms with Gasteiger partial charge in [-0.25, -0.2) is 0 Å². The third-order valence-corrected chi connectivity index (χ3v) is 5.06. The number of hydrogen-bond acceptors (Lipinski definition) is 1. The predicted molar refractivity (Wildman–Crippen MR) is 90.9 cm³/mol. The van der Waals surface area contributed by atoms with Crippen LogP contribution in [0.2, 0.25) is 0 Å². The number of amides is 1. The molecule has 0 aliphatic carbocycles. The summed E-state index contributed by atoms with van der Waals surface area (Å²) in [6, 6.07) is 10.7. The molecule has 22 heavy (non-hydrogen) atoms. The first-order valence-corrected chi connectivity index (χ1v) is 8.59. The Bertz CT molecular complexity index is 609. The largest absolute Gasteiger partial charge is 0.358 e. The molecule has 3 heteroatoms. The highest BCUT2D eigenvalue weighted by Gasteiger charge is 2.28. The van der Waals surface area contributed by atoms with Gasteiger partial charge in [0.2, 0.25) is 5.91 Å². The Morgan fingerprint density at radius 3 is 2.82 bits per heavy atom. The highest BCUT2D eigenvalue weighted by atomic mass is 16.2. The summed E-state index contributed by atoms with van der Waals surface area (Å²) in [4.78, 5) is 18.3. The van der Waals surface area contributed by atoms with Crippen molar-refractivity contribution in [2.45, 2.75) is 45.4 Å². The van der Waals surface area contributed by atoms with Gasteiger partial charge in [0.25, 0.3) is 0 Å². The number of piperidine rings is 1. The summed E-state index contributed by atoms with van der Waals surface area (Å²) >= 11 is 0. The van der Waals surface area contributed by atoms with Gasteiger partial charge in [0, 0.05) is 36.1 Å². The zero-order valence-electron chi connectivity index (χ0n) is 13.6. The van der Waals surface area contributed by atoms with Crippen LogP contribution in [0.5, 0.6) is 0 Å². The van der Waals surface area contributed by atoms with Gasteiger partial charge in [-0.3, -0.25) is 4.79 Å². The molecule has 1 atom stereocenters. The van der Waals surface area contributed by atoms with Crippen molar-refractivity contribution in [2.24, 2.45) is 5.92 Å². The van der Waals surface area contributed by atoms with Crippen molar-refractivity contribution in [3.8, 4) is 0 Å². The number of nitrogens with zero attached hydrogens (tertiary/aromatic N) is 1. The number of rotatable bonds is 4. The summed E-state index contributed by atoms with van der Waals surface area (Å²) in [5, 5.41) is 1.26. The van der Waals surface area contributed by atoms with E-state index in [0.29, 0.717) is 11.8 Å². The van der Waals surface area contributed by atoms with Crippen molar-refractivity contribution >= 4 is 16.8 Å². The van der Waals surface area contributed by atoms with Gasteiger partial charge in [0.15, 0.2) is 0 Å². The van der Waals surface area contributed by atoms with Crippen LogP contribution in [0.25, 0.3) is 10.9 Å². The maximum Gasteiger partial charge on any atom is 0.225 e. The second-order valence-electron chi connectivity index (χ2n) is 6.45. The summed E-state index contributed by atoms with van der Waals surface area (Å²) in [6.07, 6.45) is 4.16. The van der Waals surface area contributed by atoms with Crippen LogP contribution >= 0.6 is 0 Å². The number of fused-ring (bicyclic) bond motifs is 1. The molecular weight excluding hydrogens is 272 g/mol. The Hall–Kier alpha value is -1.77. The van der Waals surface area contributed by atoms with E-state index in [1.165, 1.54) is 23.0 Å². The van der Waals surface area contributed by atoms with Crippen molar-refractivity contribution in [2.75, 3.05) is 13.1 Å². The first-order chi connectivity index (χ1) is 10.7. The molecule has 3 rings (SSSR count). The van der Waals surface area contributed by atoms with E-state index < -0.39 is 0 Å². The summed E-state index contributed by atoms with van der Waals surface area (Å²) in [5.41, 5.74) is 2.48. The minimum absolute atomic E-state index is 0.196. The van der Waals surface area contributed by atoms with E-state index in [9.17, 15) is 4.79 Å². The highest BCUT2D eigenvalue weighted by Crippen LogP contribution is 2.30. The van der Waals surface area contributed by atoms with E-state index in [1.807, 2.05) is 0 Å². The minimum atomic E-state index is 0.196. The molecule has 1 aliphatic rings. The number of H-pyrrole nitrogens is 1. The van der Waals surface area contributed by atoms with Crippen LogP contribution in [0.3, 0.4) is 0 Å². The van der Waals surface area contributed by atoms with Crippen LogP contribution in [-0.2, 0) is 4.79 Å². The molecule has 1 fully saturated rings. The molecule has 1 N–H and O–H groups in total. The van der Waals surface area contributed by atoms with Crippen molar-refractivity contribution in [1.29, 1.82) is 0 Å². The zero-order chi connectivity index (χ0) is 15.5. The highest BCUT2D eigenvalue weighted by molar-refractivity contribution is 5.81. The van der Waals surface area contributed by atoms with Gasteiger partial charge in [0.05, 0.1) is 0 Å². The number of hydrogen-bond donors (Lipinski definition) is 1. The molecule has 2 heterocycles. The quantitative estimate of drug-likeness (QED) is 0.897. The topological polar surface area (TPSA) is 36.1 Å². The molecule has 1 aromatic carbocycles. The Morgan fingerprint density at radius 1 is 1.32 bits per heavy atom. The third-order valence-electron chi connectivity index (χ3n) is 5.06. The van der Waals surface area contributed by atoms with Crippen LogP contribution in [0.4, 0.5) is 0 Å². The molecule has 0 spiro atoms. The maximum absolute atomic E-state index is 12.6. The maximum atomic E-state index is 12.6. The Labute approximate surface area is 132 Å². The van der Waals surface area contributed by atoms with E-state index in [0.717, 1.165) is 32.4 Å². The molecule has 0 saturated carbocycles. The number of aromatic amines is 1. The number of nitrogens with one attached hydrogen (secondary N) is 1. The van der Waals surface area contributed by atoms with E-state index in [-0.39, 0.29) is 5.92 Å². The van der Waals surface area contributed by atoms with Crippen LogP contribution in [0.15, 0.2) is 30.3 Å². The van der Waals surface area contributed by atoms with Crippen molar-refractivity contribution in [3.05, 3.63) is 36.0 Å². The first-order valence-electron chi connectivity index (χ1n) is 8.59. The summed E-state index contributed by atoms with van der Waals surface area (Å²) < 4.78 is 0. The van der Waals surface area contributed by atoms with Crippen molar-refractivity contribution in [3.63, 3.8) is 0 Å². The Kier molecular flexibility index (Phi) is 4.51. The minimum Gasteiger partial charge on any atom is -0.358 e. The molecule has 1 saturated heterocycles. The molecule has 1 aromatic heterocycles. The number of para-hydroxylation sites is 1. The Balaban J connectivity index is 1.76. The van der Waals surface area contributed by atoms with Crippen LogP contribution in [0, 0.1) is 5.92 Å². The molecule has 1 unspecified atom stereocenters. The summed E-state index contributed by atoms with van der Waals surface area (Å²) in [6.45, 7) is 6.02.